The number of thiocarbonyl (C=S) groups is 1. The molecule has 0 aliphatic carbocycles. The number of nitrogens with zero attached hydrogens (tertiary/aromatic N) is 4. The highest BCUT2D eigenvalue weighted by Crippen LogP contribution is 2.29. The molecular weight excluding hydrogens is 433 g/mol. The predicted octanol–water partition coefficient (Wildman–Crippen LogP) is 1.15. The van der Waals surface area contributed by atoms with E-state index in [1.165, 1.54) is 11.0 Å². The van der Waals surface area contributed by atoms with Crippen molar-refractivity contribution in [3.63, 3.8) is 0 Å². The van der Waals surface area contributed by atoms with E-state index in [0.717, 1.165) is 15.7 Å². The van der Waals surface area contributed by atoms with Gasteiger partial charge in [0.2, 0.25) is 0 Å². The second kappa shape index (κ2) is 9.00. The Bertz CT molecular complexity index is 921. The molecule has 3 rings (SSSR count). The molecule has 2 N–H and O–H groups in total. The first-order valence-electron chi connectivity index (χ1n) is 9.64. The van der Waals surface area contributed by atoms with E-state index in [4.69, 9.17) is 22.1 Å². The van der Waals surface area contributed by atoms with E-state index in [1.807, 2.05) is 18.9 Å². The standard InChI is InChI=1S/C18H26FN5O4S2/c1-3-17(29)21(2)11-14-12-24(18(25)28-14)13-4-5-16(15(19)10-13)22-6-8-23(9-7-22)30(20,26)27/h4-5,10,14H,3,6-9,11-12H2,1-2H3,(H2,20,26,27)/t14-/m1/s1. The van der Waals surface area contributed by atoms with E-state index < -0.39 is 22.1 Å². The maximum Gasteiger partial charge on any atom is 0.414 e. The molecule has 9 nitrogen and oxygen atoms in total. The van der Waals surface area contributed by atoms with Crippen molar-refractivity contribution in [2.45, 2.75) is 19.4 Å². The summed E-state index contributed by atoms with van der Waals surface area (Å²) in [6.45, 7) is 3.77. The van der Waals surface area contributed by atoms with Gasteiger partial charge in [0.1, 0.15) is 11.9 Å². The maximum absolute atomic E-state index is 14.8. The molecule has 0 aromatic heterocycles. The fourth-order valence-corrected chi connectivity index (χ4v) is 4.36. The lowest BCUT2D eigenvalue weighted by Gasteiger charge is -2.34. The van der Waals surface area contributed by atoms with Crippen molar-refractivity contribution in [1.82, 2.24) is 9.21 Å². The first kappa shape index (κ1) is 22.7. The van der Waals surface area contributed by atoms with E-state index in [1.54, 1.807) is 17.0 Å². The monoisotopic (exact) mass is 459 g/mol. The zero-order chi connectivity index (χ0) is 22.1. The zero-order valence-corrected chi connectivity index (χ0v) is 18.6. The van der Waals surface area contributed by atoms with Gasteiger partial charge in [0.15, 0.2) is 0 Å². The highest BCUT2D eigenvalue weighted by atomic mass is 32.2. The van der Waals surface area contributed by atoms with E-state index >= 15 is 0 Å². The number of likely N-dealkylation sites (N-methyl/N-ethyl adjacent to an activating group) is 1. The van der Waals surface area contributed by atoms with Crippen LogP contribution in [0.5, 0.6) is 0 Å². The number of ether oxygens (including phenoxy) is 1. The molecule has 2 fully saturated rings. The van der Waals surface area contributed by atoms with Crippen LogP contribution < -0.4 is 14.9 Å². The van der Waals surface area contributed by atoms with Crippen molar-refractivity contribution < 1.29 is 22.3 Å². The summed E-state index contributed by atoms with van der Waals surface area (Å²) < 4.78 is 44.2. The Labute approximate surface area is 181 Å². The van der Waals surface area contributed by atoms with Crippen molar-refractivity contribution in [3.05, 3.63) is 24.0 Å². The topological polar surface area (TPSA) is 99.4 Å². The summed E-state index contributed by atoms with van der Waals surface area (Å²) >= 11 is 5.26. The molecule has 2 heterocycles. The van der Waals surface area contributed by atoms with Gasteiger partial charge >= 0.3 is 6.09 Å². The highest BCUT2D eigenvalue weighted by Gasteiger charge is 2.34. The van der Waals surface area contributed by atoms with Gasteiger partial charge in [0, 0.05) is 33.2 Å². The molecule has 0 unspecified atom stereocenters. The number of cyclic esters (lactones) is 1. The zero-order valence-electron chi connectivity index (χ0n) is 17.0. The molecule has 0 radical (unpaired) electrons. The van der Waals surface area contributed by atoms with Crippen LogP contribution in [0.4, 0.5) is 20.6 Å². The number of halogens is 1. The second-order valence-electron chi connectivity index (χ2n) is 7.31. The SMILES string of the molecule is CCC(=S)N(C)C[C@@H]1CN(c2ccc(N3CCN(S(N)(=O)=O)CC3)c(F)c2)C(=O)O1. The quantitative estimate of drug-likeness (QED) is 0.637. The normalized spacial score (nSPS) is 20.4. The molecule has 166 valence electrons. The Kier molecular flexibility index (Phi) is 6.80. The molecule has 12 heteroatoms. The Hall–Kier alpha value is -2.02. The highest BCUT2D eigenvalue weighted by molar-refractivity contribution is 7.86. The summed E-state index contributed by atoms with van der Waals surface area (Å²) in [5, 5.41) is 5.14. The number of hydrogen-bond acceptors (Lipinski definition) is 6. The van der Waals surface area contributed by atoms with Gasteiger partial charge in [-0.3, -0.25) is 4.90 Å². The van der Waals surface area contributed by atoms with Gasteiger partial charge in [-0.05, 0) is 24.6 Å². The van der Waals surface area contributed by atoms with Gasteiger partial charge in [-0.2, -0.15) is 12.7 Å². The molecule has 2 aliphatic heterocycles. The van der Waals surface area contributed by atoms with Gasteiger partial charge in [-0.25, -0.2) is 14.3 Å². The summed E-state index contributed by atoms with van der Waals surface area (Å²) in [4.78, 5) is 18.1. The largest absolute Gasteiger partial charge is 0.442 e. The summed E-state index contributed by atoms with van der Waals surface area (Å²) in [5.41, 5.74) is 0.762. The fourth-order valence-electron chi connectivity index (χ4n) is 3.61. The van der Waals surface area contributed by atoms with Gasteiger partial charge in [0.05, 0.1) is 29.5 Å². The van der Waals surface area contributed by atoms with Crippen LogP contribution in [0.25, 0.3) is 0 Å². The van der Waals surface area contributed by atoms with E-state index in [0.29, 0.717) is 37.6 Å². The van der Waals surface area contributed by atoms with E-state index in [9.17, 15) is 17.6 Å². The lowest BCUT2D eigenvalue weighted by molar-refractivity contribution is 0.130. The third-order valence-corrected chi connectivity index (χ3v) is 6.95. The van der Waals surface area contributed by atoms with Crippen molar-refractivity contribution in [2.24, 2.45) is 5.14 Å². The van der Waals surface area contributed by atoms with Gasteiger partial charge in [-0.15, -0.1) is 0 Å². The smallest absolute Gasteiger partial charge is 0.414 e. The molecule has 2 saturated heterocycles. The van der Waals surface area contributed by atoms with Crippen molar-refractivity contribution >= 4 is 44.9 Å². The number of amides is 1. The van der Waals surface area contributed by atoms with Crippen LogP contribution in [0.15, 0.2) is 18.2 Å². The van der Waals surface area contributed by atoms with Crippen LogP contribution in [-0.4, -0.2) is 81.1 Å². The Morgan fingerprint density at radius 1 is 1.33 bits per heavy atom. The van der Waals surface area contributed by atoms with Gasteiger partial charge < -0.3 is 14.5 Å². The maximum atomic E-state index is 14.8. The molecule has 30 heavy (non-hydrogen) atoms. The number of anilines is 2. The lowest BCUT2D eigenvalue weighted by Crippen LogP contribution is -2.50. The first-order valence-corrected chi connectivity index (χ1v) is 11.6. The molecular formula is C18H26FN5O4S2. The van der Waals surface area contributed by atoms with Crippen LogP contribution in [0, 0.1) is 5.82 Å². The lowest BCUT2D eigenvalue weighted by atomic mass is 10.2. The second-order valence-corrected chi connectivity index (χ2v) is 9.33. The molecule has 1 amide bonds. The molecule has 1 aromatic rings. The molecule has 0 bridgehead atoms. The van der Waals surface area contributed by atoms with E-state index in [2.05, 4.69) is 0 Å². The summed E-state index contributed by atoms with van der Waals surface area (Å²) in [6, 6.07) is 4.55. The van der Waals surface area contributed by atoms with E-state index in [-0.39, 0.29) is 19.2 Å². The third-order valence-electron chi connectivity index (χ3n) is 5.26. The van der Waals surface area contributed by atoms with Crippen LogP contribution in [0.1, 0.15) is 13.3 Å². The number of piperazine rings is 1. The number of nitrogens with two attached hydrogens (primary N) is 1. The third kappa shape index (κ3) is 4.99. The molecule has 1 aromatic carbocycles. The number of benzene rings is 1. The minimum absolute atomic E-state index is 0.188. The van der Waals surface area contributed by atoms with Crippen LogP contribution >= 0.6 is 12.2 Å². The number of rotatable bonds is 6. The van der Waals surface area contributed by atoms with Crippen molar-refractivity contribution in [3.8, 4) is 0 Å². The molecule has 1 atom stereocenters. The summed E-state index contributed by atoms with van der Waals surface area (Å²) in [7, 11) is -1.89. The fraction of sp³-hybridized carbons (Fsp3) is 0.556. The molecule has 0 saturated carbocycles. The minimum atomic E-state index is -3.74. The van der Waals surface area contributed by atoms with Gasteiger partial charge in [-0.1, -0.05) is 19.1 Å². The number of carbonyl (C=O) groups excluding carboxylic acids is 1. The summed E-state index contributed by atoms with van der Waals surface area (Å²) in [6.07, 6.45) is -0.153. The number of hydrogen-bond donors (Lipinski definition) is 1. The Morgan fingerprint density at radius 2 is 2.00 bits per heavy atom. The minimum Gasteiger partial charge on any atom is -0.442 e. The number of carbonyl (C=O) groups is 1. The van der Waals surface area contributed by atoms with Gasteiger partial charge in [0.25, 0.3) is 10.2 Å². The predicted molar refractivity (Wildman–Crippen MR) is 116 cm³/mol. The Morgan fingerprint density at radius 3 is 2.57 bits per heavy atom. The first-order chi connectivity index (χ1) is 14.1. The van der Waals surface area contributed by atoms with Crippen LogP contribution in [0.2, 0.25) is 0 Å². The van der Waals surface area contributed by atoms with Crippen LogP contribution in [-0.2, 0) is 14.9 Å². The van der Waals surface area contributed by atoms with Crippen molar-refractivity contribution in [1.29, 1.82) is 0 Å². The average Bonchev–Trinajstić information content (AvgIpc) is 3.06. The Balaban J connectivity index is 1.65. The average molecular weight is 460 g/mol. The molecule has 2 aliphatic rings. The molecule has 0 spiro atoms. The van der Waals surface area contributed by atoms with Crippen molar-refractivity contribution in [2.75, 3.05) is 56.1 Å². The van der Waals surface area contributed by atoms with Crippen LogP contribution in [0.3, 0.4) is 0 Å². The summed E-state index contributed by atoms with van der Waals surface area (Å²) in [5.74, 6) is -0.489.